The van der Waals surface area contributed by atoms with Crippen LogP contribution in [-0.2, 0) is 4.18 Å². The molecule has 0 heterocycles. The second kappa shape index (κ2) is 3.44. The predicted molar refractivity (Wildman–Crippen MR) is 38.3 cm³/mol. The second-order valence-corrected chi connectivity index (χ2v) is 2.71. The van der Waals surface area contributed by atoms with Crippen molar-refractivity contribution >= 4 is 12.9 Å². The Kier molecular flexibility index (Phi) is 2.82. The summed E-state index contributed by atoms with van der Waals surface area (Å²) in [5.41, 5.74) is 0. The predicted octanol–water partition coefficient (Wildman–Crippen LogP) is 1.15. The van der Waals surface area contributed by atoms with Gasteiger partial charge in [0.15, 0.2) is 0 Å². The molecule has 0 aromatic rings. The average Bonchev–Trinajstić information content (AvgIpc) is 1.89. The van der Waals surface area contributed by atoms with Crippen molar-refractivity contribution < 1.29 is 9.29 Å². The fraction of sp³-hybridized carbons (Fsp3) is 1.00. The summed E-state index contributed by atoms with van der Waals surface area (Å²) in [5, 5.41) is 9.20. The zero-order valence-corrected chi connectivity index (χ0v) is 6.18. The fourth-order valence-electron chi connectivity index (χ4n) is 1.20. The second-order valence-electron chi connectivity index (χ2n) is 2.50. The van der Waals surface area contributed by atoms with Crippen molar-refractivity contribution in [1.82, 2.24) is 0 Å². The van der Waals surface area contributed by atoms with Crippen LogP contribution in [0.25, 0.3) is 0 Å². The maximum absolute atomic E-state index is 9.20. The normalized spacial score (nSPS) is 36.7. The maximum atomic E-state index is 9.20. The van der Waals surface area contributed by atoms with E-state index in [0.717, 1.165) is 25.7 Å². The van der Waals surface area contributed by atoms with Crippen LogP contribution in [0.3, 0.4) is 0 Å². The van der Waals surface area contributed by atoms with E-state index >= 15 is 0 Å². The first-order chi connectivity index (χ1) is 4.34. The van der Waals surface area contributed by atoms with Crippen LogP contribution >= 0.6 is 12.9 Å². The quantitative estimate of drug-likeness (QED) is 0.431. The van der Waals surface area contributed by atoms with Gasteiger partial charge < -0.3 is 9.29 Å². The Balaban J connectivity index is 2.30. The summed E-state index contributed by atoms with van der Waals surface area (Å²) in [6, 6.07) is 0. The van der Waals surface area contributed by atoms with Gasteiger partial charge in [0.05, 0.1) is 12.2 Å². The summed E-state index contributed by atoms with van der Waals surface area (Å²) in [7, 11) is 0. The summed E-state index contributed by atoms with van der Waals surface area (Å²) < 4.78 is 4.75. The van der Waals surface area contributed by atoms with Gasteiger partial charge in [-0.15, -0.1) is 0 Å². The van der Waals surface area contributed by atoms with E-state index in [0.29, 0.717) is 0 Å². The molecule has 1 aliphatic carbocycles. The summed E-state index contributed by atoms with van der Waals surface area (Å²) in [4.78, 5) is 0. The smallest absolute Gasteiger partial charge is 0.0977 e. The third-order valence-electron chi connectivity index (χ3n) is 1.80. The number of thiol groups is 1. The summed E-state index contributed by atoms with van der Waals surface area (Å²) in [6.45, 7) is 0. The maximum Gasteiger partial charge on any atom is 0.0977 e. The van der Waals surface area contributed by atoms with Crippen LogP contribution in [0.2, 0.25) is 0 Å². The molecule has 9 heavy (non-hydrogen) atoms. The Labute approximate surface area is 60.8 Å². The van der Waals surface area contributed by atoms with Crippen LogP contribution in [0.15, 0.2) is 0 Å². The Morgan fingerprint density at radius 3 is 2.44 bits per heavy atom. The zero-order chi connectivity index (χ0) is 6.69. The molecule has 0 saturated heterocycles. The Morgan fingerprint density at radius 2 is 2.00 bits per heavy atom. The fourth-order valence-corrected chi connectivity index (χ4v) is 1.45. The molecule has 1 aliphatic rings. The van der Waals surface area contributed by atoms with E-state index in [-0.39, 0.29) is 12.2 Å². The Hall–Kier alpha value is 0.270. The van der Waals surface area contributed by atoms with Crippen LogP contribution in [0.4, 0.5) is 0 Å². The molecule has 0 aromatic heterocycles. The minimum absolute atomic E-state index is 0.0258. The first-order valence-corrected chi connectivity index (χ1v) is 3.69. The number of aliphatic hydroxyl groups is 1. The summed E-state index contributed by atoms with van der Waals surface area (Å²) in [5.74, 6) is 0. The largest absolute Gasteiger partial charge is 0.390 e. The molecule has 54 valence electrons. The lowest BCUT2D eigenvalue weighted by molar-refractivity contribution is 0.0196. The van der Waals surface area contributed by atoms with Crippen LogP contribution in [0, 0.1) is 0 Å². The molecule has 1 fully saturated rings. The van der Waals surface area contributed by atoms with E-state index in [4.69, 9.17) is 4.18 Å². The van der Waals surface area contributed by atoms with E-state index in [1.807, 2.05) is 0 Å². The van der Waals surface area contributed by atoms with E-state index in [1.165, 1.54) is 0 Å². The van der Waals surface area contributed by atoms with Crippen molar-refractivity contribution in [2.24, 2.45) is 0 Å². The first-order valence-electron chi connectivity index (χ1n) is 3.33. The highest BCUT2D eigenvalue weighted by atomic mass is 32.1. The Bertz CT molecular complexity index is 87.1. The molecule has 2 nitrogen and oxygen atoms in total. The highest BCUT2D eigenvalue weighted by molar-refractivity contribution is 7.75. The van der Waals surface area contributed by atoms with Gasteiger partial charge in [-0.1, -0.05) is 12.8 Å². The van der Waals surface area contributed by atoms with Gasteiger partial charge in [0.1, 0.15) is 0 Å². The van der Waals surface area contributed by atoms with Gasteiger partial charge >= 0.3 is 0 Å². The highest BCUT2D eigenvalue weighted by Crippen LogP contribution is 2.21. The lowest BCUT2D eigenvalue weighted by Crippen LogP contribution is -2.29. The zero-order valence-electron chi connectivity index (χ0n) is 5.29. The van der Waals surface area contributed by atoms with Crippen LogP contribution in [-0.4, -0.2) is 17.3 Å². The highest BCUT2D eigenvalue weighted by Gasteiger charge is 2.22. The average molecular weight is 148 g/mol. The number of hydrogen-bond donors (Lipinski definition) is 2. The van der Waals surface area contributed by atoms with Gasteiger partial charge in [-0.2, -0.15) is 0 Å². The van der Waals surface area contributed by atoms with E-state index in [9.17, 15) is 5.11 Å². The minimum Gasteiger partial charge on any atom is -0.390 e. The molecular formula is C6H12O2S. The number of hydrogen-bond acceptors (Lipinski definition) is 3. The van der Waals surface area contributed by atoms with Crippen molar-refractivity contribution in [3.63, 3.8) is 0 Å². The number of aliphatic hydroxyl groups excluding tert-OH is 1. The summed E-state index contributed by atoms with van der Waals surface area (Å²) in [6.07, 6.45) is 3.78. The van der Waals surface area contributed by atoms with Crippen LogP contribution < -0.4 is 0 Å². The van der Waals surface area contributed by atoms with Crippen molar-refractivity contribution in [2.45, 2.75) is 37.9 Å². The van der Waals surface area contributed by atoms with Crippen LogP contribution in [0.5, 0.6) is 0 Å². The van der Waals surface area contributed by atoms with Gasteiger partial charge in [0.25, 0.3) is 0 Å². The molecule has 1 rings (SSSR count). The molecular weight excluding hydrogens is 136 g/mol. The molecule has 0 aromatic carbocycles. The van der Waals surface area contributed by atoms with Crippen molar-refractivity contribution in [1.29, 1.82) is 0 Å². The van der Waals surface area contributed by atoms with Crippen LogP contribution in [0.1, 0.15) is 25.7 Å². The molecule has 2 atom stereocenters. The topological polar surface area (TPSA) is 29.5 Å². The SMILES string of the molecule is OC1CCCCC1OS. The van der Waals surface area contributed by atoms with Gasteiger partial charge in [-0.3, -0.25) is 0 Å². The molecule has 0 spiro atoms. The minimum atomic E-state index is -0.281. The molecule has 2 unspecified atom stereocenters. The third-order valence-corrected chi connectivity index (χ3v) is 2.07. The Morgan fingerprint density at radius 1 is 1.33 bits per heavy atom. The summed E-state index contributed by atoms with van der Waals surface area (Å²) >= 11 is 3.66. The van der Waals surface area contributed by atoms with Crippen molar-refractivity contribution in [2.75, 3.05) is 0 Å². The molecule has 0 bridgehead atoms. The number of rotatable bonds is 1. The standard InChI is InChI=1S/C6H12O2S/c7-5-3-1-2-4-6(5)8-9/h5-7,9H,1-4H2. The molecule has 0 amide bonds. The van der Waals surface area contributed by atoms with Gasteiger partial charge in [0, 0.05) is 0 Å². The molecule has 3 heteroatoms. The van der Waals surface area contributed by atoms with Crippen molar-refractivity contribution in [3.05, 3.63) is 0 Å². The molecule has 1 N–H and O–H groups in total. The van der Waals surface area contributed by atoms with Crippen molar-refractivity contribution in [3.8, 4) is 0 Å². The van der Waals surface area contributed by atoms with Gasteiger partial charge in [-0.25, -0.2) is 0 Å². The monoisotopic (exact) mass is 148 g/mol. The molecule has 0 aliphatic heterocycles. The first kappa shape index (κ1) is 7.38. The lowest BCUT2D eigenvalue weighted by Gasteiger charge is -2.24. The van der Waals surface area contributed by atoms with E-state index in [2.05, 4.69) is 12.9 Å². The molecule has 1 saturated carbocycles. The van der Waals surface area contributed by atoms with Gasteiger partial charge in [-0.05, 0) is 25.8 Å². The van der Waals surface area contributed by atoms with E-state index in [1.54, 1.807) is 0 Å². The molecule has 0 radical (unpaired) electrons. The van der Waals surface area contributed by atoms with E-state index < -0.39 is 0 Å². The third kappa shape index (κ3) is 1.85. The lowest BCUT2D eigenvalue weighted by atomic mass is 9.95. The van der Waals surface area contributed by atoms with Gasteiger partial charge in [0.2, 0.25) is 0 Å².